The molecule has 0 radical (unpaired) electrons. The van der Waals surface area contributed by atoms with Crippen LogP contribution in [0.4, 0.5) is 10.1 Å². The molecule has 0 unspecified atom stereocenters. The summed E-state index contributed by atoms with van der Waals surface area (Å²) in [6, 6.07) is 10.7. The van der Waals surface area contributed by atoms with Crippen LogP contribution in [0.15, 0.2) is 46.9 Å². The second-order valence-corrected chi connectivity index (χ2v) is 5.56. The average molecular weight is 365 g/mol. The highest BCUT2D eigenvalue weighted by Gasteiger charge is 2.09. The second kappa shape index (κ2) is 7.17. The van der Waals surface area contributed by atoms with Crippen LogP contribution < -0.4 is 10.6 Å². The third kappa shape index (κ3) is 4.39. The quantitative estimate of drug-likeness (QED) is 0.874. The first-order valence-corrected chi connectivity index (χ1v) is 7.35. The highest BCUT2D eigenvalue weighted by molar-refractivity contribution is 9.10. The lowest BCUT2D eigenvalue weighted by atomic mass is 10.2. The van der Waals surface area contributed by atoms with Gasteiger partial charge in [-0.05, 0) is 42.8 Å². The van der Waals surface area contributed by atoms with Gasteiger partial charge in [0.2, 0.25) is 5.91 Å². The van der Waals surface area contributed by atoms with Crippen LogP contribution in [-0.4, -0.2) is 18.4 Å². The summed E-state index contributed by atoms with van der Waals surface area (Å²) in [5, 5.41) is 5.11. The maximum Gasteiger partial charge on any atom is 0.251 e. The van der Waals surface area contributed by atoms with Crippen LogP contribution in [-0.2, 0) is 4.79 Å². The third-order valence-electron chi connectivity index (χ3n) is 2.95. The number of halogens is 2. The van der Waals surface area contributed by atoms with Crippen LogP contribution in [0.2, 0.25) is 0 Å². The average Bonchev–Trinajstić information content (AvgIpc) is 2.48. The largest absolute Gasteiger partial charge is 0.343 e. The zero-order valence-electron chi connectivity index (χ0n) is 11.8. The van der Waals surface area contributed by atoms with Gasteiger partial charge in [0, 0.05) is 15.7 Å². The minimum Gasteiger partial charge on any atom is -0.343 e. The molecule has 0 saturated heterocycles. The fourth-order valence-corrected chi connectivity index (χ4v) is 2.15. The number of hydrogen-bond acceptors (Lipinski definition) is 2. The molecule has 0 fully saturated rings. The first-order valence-electron chi connectivity index (χ1n) is 6.55. The van der Waals surface area contributed by atoms with E-state index >= 15 is 0 Å². The smallest absolute Gasteiger partial charge is 0.251 e. The molecule has 2 N–H and O–H groups in total. The van der Waals surface area contributed by atoms with Gasteiger partial charge >= 0.3 is 0 Å². The lowest BCUT2D eigenvalue weighted by molar-refractivity contribution is -0.115. The molecular formula is C16H14BrFN2O2. The molecule has 0 aromatic heterocycles. The van der Waals surface area contributed by atoms with Crippen molar-refractivity contribution >= 4 is 33.4 Å². The molecule has 2 amide bonds. The van der Waals surface area contributed by atoms with Gasteiger partial charge in [0.1, 0.15) is 5.82 Å². The van der Waals surface area contributed by atoms with Crippen LogP contribution in [0.5, 0.6) is 0 Å². The number of aryl methyl sites for hydroxylation is 1. The molecule has 2 aromatic carbocycles. The van der Waals surface area contributed by atoms with Crippen LogP contribution in [0.3, 0.4) is 0 Å². The standard InChI is InChI=1S/C16H14BrFN2O2/c1-10-5-6-13(8-14(10)17)20-15(21)9-19-16(22)11-3-2-4-12(18)7-11/h2-8H,9H2,1H3,(H,19,22)(H,20,21). The Labute approximate surface area is 135 Å². The Morgan fingerprint density at radius 2 is 1.95 bits per heavy atom. The molecule has 2 aromatic rings. The Morgan fingerprint density at radius 3 is 2.64 bits per heavy atom. The lowest BCUT2D eigenvalue weighted by Crippen LogP contribution is -2.32. The predicted octanol–water partition coefficient (Wildman–Crippen LogP) is 3.27. The Bertz CT molecular complexity index is 719. The number of carbonyl (C=O) groups excluding carboxylic acids is 2. The van der Waals surface area contributed by atoms with Crippen molar-refractivity contribution in [2.75, 3.05) is 11.9 Å². The molecule has 0 aliphatic rings. The van der Waals surface area contributed by atoms with Crippen LogP contribution in [0.1, 0.15) is 15.9 Å². The number of benzene rings is 2. The monoisotopic (exact) mass is 364 g/mol. The third-order valence-corrected chi connectivity index (χ3v) is 3.81. The van der Waals surface area contributed by atoms with Crippen molar-refractivity contribution in [3.63, 3.8) is 0 Å². The summed E-state index contributed by atoms with van der Waals surface area (Å²) in [4.78, 5) is 23.6. The highest BCUT2D eigenvalue weighted by Crippen LogP contribution is 2.20. The molecule has 0 bridgehead atoms. The van der Waals surface area contributed by atoms with Crippen molar-refractivity contribution in [1.29, 1.82) is 0 Å². The van der Waals surface area contributed by atoms with Crippen molar-refractivity contribution in [2.45, 2.75) is 6.92 Å². The zero-order chi connectivity index (χ0) is 16.1. The van der Waals surface area contributed by atoms with Gasteiger partial charge in [-0.15, -0.1) is 0 Å². The first-order chi connectivity index (χ1) is 10.5. The van der Waals surface area contributed by atoms with E-state index in [-0.39, 0.29) is 18.0 Å². The molecule has 4 nitrogen and oxygen atoms in total. The maximum absolute atomic E-state index is 13.0. The maximum atomic E-state index is 13.0. The predicted molar refractivity (Wildman–Crippen MR) is 86.2 cm³/mol. The van der Waals surface area contributed by atoms with Gasteiger partial charge in [-0.25, -0.2) is 4.39 Å². The Morgan fingerprint density at radius 1 is 1.18 bits per heavy atom. The molecule has 0 spiro atoms. The van der Waals surface area contributed by atoms with E-state index in [0.717, 1.165) is 16.1 Å². The van der Waals surface area contributed by atoms with E-state index in [2.05, 4.69) is 26.6 Å². The van der Waals surface area contributed by atoms with E-state index in [1.807, 2.05) is 13.0 Å². The Balaban J connectivity index is 1.90. The molecule has 0 atom stereocenters. The van der Waals surface area contributed by atoms with Gasteiger partial charge in [-0.1, -0.05) is 28.1 Å². The summed E-state index contributed by atoms with van der Waals surface area (Å²) in [6.45, 7) is 1.75. The van der Waals surface area contributed by atoms with Crippen molar-refractivity contribution in [3.05, 3.63) is 63.9 Å². The lowest BCUT2D eigenvalue weighted by Gasteiger charge is -2.08. The first kappa shape index (κ1) is 16.2. The van der Waals surface area contributed by atoms with E-state index in [1.54, 1.807) is 12.1 Å². The Hall–Kier alpha value is -2.21. The van der Waals surface area contributed by atoms with Crippen molar-refractivity contribution in [2.24, 2.45) is 0 Å². The van der Waals surface area contributed by atoms with Crippen LogP contribution in [0, 0.1) is 12.7 Å². The molecule has 0 saturated carbocycles. The summed E-state index contributed by atoms with van der Waals surface area (Å²) in [6.07, 6.45) is 0. The molecular weight excluding hydrogens is 351 g/mol. The van der Waals surface area contributed by atoms with Gasteiger partial charge in [0.05, 0.1) is 6.54 Å². The van der Waals surface area contributed by atoms with E-state index in [9.17, 15) is 14.0 Å². The zero-order valence-corrected chi connectivity index (χ0v) is 13.4. The molecule has 0 aliphatic carbocycles. The summed E-state index contributed by atoms with van der Waals surface area (Å²) < 4.78 is 13.9. The second-order valence-electron chi connectivity index (χ2n) is 4.71. The van der Waals surface area contributed by atoms with Crippen molar-refractivity contribution in [1.82, 2.24) is 5.32 Å². The molecule has 2 rings (SSSR count). The molecule has 0 heterocycles. The SMILES string of the molecule is Cc1ccc(NC(=O)CNC(=O)c2cccc(F)c2)cc1Br. The Kier molecular flexibility index (Phi) is 5.27. The minimum absolute atomic E-state index is 0.172. The number of hydrogen-bond donors (Lipinski definition) is 2. The fraction of sp³-hybridized carbons (Fsp3) is 0.125. The number of amides is 2. The van der Waals surface area contributed by atoms with Crippen LogP contribution in [0.25, 0.3) is 0 Å². The molecule has 22 heavy (non-hydrogen) atoms. The number of carbonyl (C=O) groups is 2. The van der Waals surface area contributed by atoms with Crippen molar-refractivity contribution in [3.8, 4) is 0 Å². The summed E-state index contributed by atoms with van der Waals surface area (Å²) in [5.74, 6) is -1.36. The highest BCUT2D eigenvalue weighted by atomic mass is 79.9. The minimum atomic E-state index is -0.500. The summed E-state index contributed by atoms with van der Waals surface area (Å²) >= 11 is 3.38. The number of anilines is 1. The van der Waals surface area contributed by atoms with E-state index in [1.165, 1.54) is 18.2 Å². The number of nitrogens with one attached hydrogen (secondary N) is 2. The topological polar surface area (TPSA) is 58.2 Å². The normalized spacial score (nSPS) is 10.1. The molecule has 114 valence electrons. The van der Waals surface area contributed by atoms with E-state index in [4.69, 9.17) is 0 Å². The van der Waals surface area contributed by atoms with Gasteiger partial charge in [-0.2, -0.15) is 0 Å². The number of rotatable bonds is 4. The summed E-state index contributed by atoms with van der Waals surface area (Å²) in [5.41, 5.74) is 1.85. The van der Waals surface area contributed by atoms with Gasteiger partial charge in [0.25, 0.3) is 5.91 Å². The van der Waals surface area contributed by atoms with E-state index in [0.29, 0.717) is 5.69 Å². The van der Waals surface area contributed by atoms with Crippen molar-refractivity contribution < 1.29 is 14.0 Å². The van der Waals surface area contributed by atoms with E-state index < -0.39 is 11.7 Å². The molecule has 6 heteroatoms. The van der Waals surface area contributed by atoms with Crippen LogP contribution >= 0.6 is 15.9 Å². The van der Waals surface area contributed by atoms with Gasteiger partial charge in [0.15, 0.2) is 0 Å². The summed E-state index contributed by atoms with van der Waals surface area (Å²) in [7, 11) is 0. The fourth-order valence-electron chi connectivity index (χ4n) is 1.77. The van der Waals surface area contributed by atoms with Gasteiger partial charge in [-0.3, -0.25) is 9.59 Å². The molecule has 0 aliphatic heterocycles. The van der Waals surface area contributed by atoms with Gasteiger partial charge < -0.3 is 10.6 Å².